The smallest absolute Gasteiger partial charge is 0.237 e. The van der Waals surface area contributed by atoms with Gasteiger partial charge in [-0.3, -0.25) is 0 Å². The van der Waals surface area contributed by atoms with Gasteiger partial charge in [-0.2, -0.15) is 10.2 Å². The fourth-order valence-electron chi connectivity index (χ4n) is 6.02. The molecule has 8 aliphatic heterocycles. The molecule has 4 fully saturated rings. The molecule has 0 radical (unpaired) electrons. The summed E-state index contributed by atoms with van der Waals surface area (Å²) in [6, 6.07) is 15.8. The van der Waals surface area contributed by atoms with E-state index >= 15 is 0 Å². The van der Waals surface area contributed by atoms with Crippen LogP contribution >= 0.6 is 0 Å². The molecule has 4 saturated heterocycles. The second kappa shape index (κ2) is 5.08. The van der Waals surface area contributed by atoms with E-state index in [4.69, 9.17) is 23.7 Å². The zero-order valence-electron chi connectivity index (χ0n) is 18.6. The minimum atomic E-state index is -0.882. The number of rotatable bonds is 4. The number of fused-ring (bicyclic) bond motifs is 4. The van der Waals surface area contributed by atoms with Crippen LogP contribution < -0.4 is 0 Å². The number of epoxide rings is 4. The highest BCUT2D eigenvalue weighted by Gasteiger charge is 2.87. The second-order valence-electron chi connectivity index (χ2n) is 10.3. The third-order valence-electron chi connectivity index (χ3n) is 8.06. The Hall–Kier alpha value is -2.56. The van der Waals surface area contributed by atoms with Crippen molar-refractivity contribution in [2.24, 2.45) is 20.5 Å². The summed E-state index contributed by atoms with van der Waals surface area (Å²) in [7, 11) is 0. The maximum absolute atomic E-state index is 6.44. The zero-order chi connectivity index (χ0) is 22.5. The van der Waals surface area contributed by atoms with Crippen LogP contribution in [0.2, 0.25) is 0 Å². The van der Waals surface area contributed by atoms with E-state index in [1.54, 1.807) is 0 Å². The molecule has 2 aromatic carbocycles. The van der Waals surface area contributed by atoms with E-state index in [1.807, 2.05) is 76.2 Å². The normalized spacial score (nSPS) is 51.2. The lowest BCUT2D eigenvalue weighted by molar-refractivity contribution is -0.132. The van der Waals surface area contributed by atoms with Crippen LogP contribution in [0.3, 0.4) is 0 Å². The summed E-state index contributed by atoms with van der Waals surface area (Å²) in [4.78, 5) is 0. The van der Waals surface area contributed by atoms with Gasteiger partial charge in [-0.15, -0.1) is 10.2 Å². The molecule has 4 bridgehead atoms. The van der Waals surface area contributed by atoms with Gasteiger partial charge in [-0.05, 0) is 52.0 Å². The van der Waals surface area contributed by atoms with Gasteiger partial charge in [0.15, 0.2) is 22.8 Å². The Morgan fingerprint density at radius 1 is 0.636 bits per heavy atom. The molecule has 33 heavy (non-hydrogen) atoms. The van der Waals surface area contributed by atoms with Crippen molar-refractivity contribution in [1.29, 1.82) is 0 Å². The number of ether oxygens (including phenoxy) is 5. The van der Waals surface area contributed by atoms with Crippen LogP contribution in [-0.4, -0.2) is 35.0 Å². The monoisotopic (exact) mass is 446 g/mol. The number of hydrogen-bond acceptors (Lipinski definition) is 9. The van der Waals surface area contributed by atoms with Gasteiger partial charge < -0.3 is 23.7 Å². The summed E-state index contributed by atoms with van der Waals surface area (Å²) in [5, 5.41) is 17.7. The highest BCUT2D eigenvalue weighted by Crippen LogP contribution is 2.70. The first kappa shape index (κ1) is 18.8. The quantitative estimate of drug-likeness (QED) is 0.632. The Morgan fingerprint density at radius 3 is 1.42 bits per heavy atom. The van der Waals surface area contributed by atoms with Crippen LogP contribution in [0.4, 0.5) is 11.4 Å². The summed E-state index contributed by atoms with van der Waals surface area (Å²) >= 11 is 0. The molecule has 0 amide bonds. The minimum absolute atomic E-state index is 0.325. The van der Waals surface area contributed by atoms with Crippen molar-refractivity contribution < 1.29 is 23.7 Å². The molecule has 0 aromatic heterocycles. The molecule has 8 unspecified atom stereocenters. The molecule has 0 saturated carbocycles. The Morgan fingerprint density at radius 2 is 1.03 bits per heavy atom. The van der Waals surface area contributed by atoms with Crippen LogP contribution in [0.25, 0.3) is 0 Å². The molecular weight excluding hydrogens is 424 g/mol. The van der Waals surface area contributed by atoms with Gasteiger partial charge in [0.2, 0.25) is 11.4 Å². The Labute approximate surface area is 189 Å². The van der Waals surface area contributed by atoms with Crippen molar-refractivity contribution >= 4 is 11.4 Å². The van der Waals surface area contributed by atoms with Crippen molar-refractivity contribution in [1.82, 2.24) is 0 Å². The van der Waals surface area contributed by atoms with E-state index < -0.39 is 34.2 Å². The lowest BCUT2D eigenvalue weighted by atomic mass is 9.90. The predicted octanol–water partition coefficient (Wildman–Crippen LogP) is 4.71. The molecule has 9 heteroatoms. The predicted molar refractivity (Wildman–Crippen MR) is 112 cm³/mol. The number of hydrogen-bond donors (Lipinski definition) is 0. The van der Waals surface area contributed by atoms with Crippen LogP contribution in [0.5, 0.6) is 0 Å². The van der Waals surface area contributed by atoms with Gasteiger partial charge >= 0.3 is 0 Å². The van der Waals surface area contributed by atoms with Crippen molar-refractivity contribution in [2.45, 2.75) is 74.1 Å². The average Bonchev–Trinajstić information content (AvgIpc) is 3.67. The van der Waals surface area contributed by atoms with Crippen molar-refractivity contribution in [3.8, 4) is 0 Å². The molecular formula is C24H22N4O5. The van der Waals surface area contributed by atoms with E-state index in [0.717, 1.165) is 22.5 Å². The van der Waals surface area contributed by atoms with Gasteiger partial charge in [0.1, 0.15) is 12.2 Å². The largest absolute Gasteiger partial charge is 0.335 e. The van der Waals surface area contributed by atoms with E-state index in [0.29, 0.717) is 0 Å². The van der Waals surface area contributed by atoms with Gasteiger partial charge in [0, 0.05) is 11.1 Å². The van der Waals surface area contributed by atoms with E-state index in [9.17, 15) is 0 Å². The van der Waals surface area contributed by atoms with E-state index in [2.05, 4.69) is 20.5 Å². The summed E-state index contributed by atoms with van der Waals surface area (Å²) in [5.74, 6) is -1.76. The lowest BCUT2D eigenvalue weighted by Crippen LogP contribution is -2.37. The fourth-order valence-corrected chi connectivity index (χ4v) is 6.02. The maximum atomic E-state index is 6.44. The maximum Gasteiger partial charge on any atom is 0.237 e. The third-order valence-corrected chi connectivity index (χ3v) is 8.06. The molecule has 9 nitrogen and oxygen atoms in total. The van der Waals surface area contributed by atoms with Crippen LogP contribution in [-0.2, 0) is 35.1 Å². The van der Waals surface area contributed by atoms with Crippen molar-refractivity contribution in [3.63, 3.8) is 0 Å². The molecule has 8 heterocycles. The molecule has 2 aromatic rings. The van der Waals surface area contributed by atoms with Crippen molar-refractivity contribution in [2.75, 3.05) is 0 Å². The fraction of sp³-hybridized carbons (Fsp3) is 0.500. The van der Waals surface area contributed by atoms with Gasteiger partial charge in [-0.25, -0.2) is 0 Å². The summed E-state index contributed by atoms with van der Waals surface area (Å²) in [6.07, 6.45) is -0.650. The average molecular weight is 446 g/mol. The first-order valence-electron chi connectivity index (χ1n) is 11.2. The molecule has 0 aliphatic carbocycles. The Kier molecular flexibility index (Phi) is 2.90. The van der Waals surface area contributed by atoms with Crippen LogP contribution in [0, 0.1) is 0 Å². The topological polar surface area (TPSA) is 109 Å². The number of azo groups is 2. The van der Waals surface area contributed by atoms with Gasteiger partial charge in [0.05, 0.1) is 11.4 Å². The van der Waals surface area contributed by atoms with Crippen LogP contribution in [0.1, 0.15) is 38.8 Å². The lowest BCUT2D eigenvalue weighted by Gasteiger charge is -2.17. The molecule has 168 valence electrons. The molecule has 10 rings (SSSR count). The first-order chi connectivity index (χ1) is 15.7. The zero-order valence-corrected chi connectivity index (χ0v) is 18.6. The Balaban J connectivity index is 1.03. The summed E-state index contributed by atoms with van der Waals surface area (Å²) in [6.45, 7) is 7.81. The highest BCUT2D eigenvalue weighted by atomic mass is 16.9. The Bertz CT molecular complexity index is 1200. The molecule has 8 aliphatic rings. The van der Waals surface area contributed by atoms with Gasteiger partial charge in [0.25, 0.3) is 0 Å². The standard InChI is InChI=1S/C24H22N4O5/c1-19(23(31-19)13-5-9-15(10-6-13)25-27-23)17-21(3,29-17)33-22(4)18(30-22)20(2)24(32-20)14-7-11-16(12-8-14)26-28-24/h5-12,17-18H,1-4H3. The molecule has 0 N–H and O–H groups in total. The highest BCUT2D eigenvalue weighted by molar-refractivity contribution is 5.48. The third kappa shape index (κ3) is 2.07. The molecule has 8 atom stereocenters. The summed E-state index contributed by atoms with van der Waals surface area (Å²) < 4.78 is 31.1. The van der Waals surface area contributed by atoms with E-state index in [-0.39, 0.29) is 12.2 Å². The number of nitrogens with zero attached hydrogens (tertiary/aromatic N) is 4. The van der Waals surface area contributed by atoms with E-state index in [1.165, 1.54) is 0 Å². The SMILES string of the molecule is CC1(OC2(C)OC2C2(C)OC23N=Nc2ccc3cc2)OC1C1(C)OC12N=Nc1ccc2cc1. The molecule has 2 spiro atoms. The van der Waals surface area contributed by atoms with Crippen LogP contribution in [0.15, 0.2) is 69.0 Å². The van der Waals surface area contributed by atoms with Gasteiger partial charge in [-0.1, -0.05) is 24.3 Å². The second-order valence-corrected chi connectivity index (χ2v) is 10.3. The summed E-state index contributed by atoms with van der Waals surface area (Å²) in [5.41, 5.74) is 0.469. The number of benzene rings is 2. The first-order valence-corrected chi connectivity index (χ1v) is 11.2. The minimum Gasteiger partial charge on any atom is -0.335 e. The van der Waals surface area contributed by atoms with Crippen molar-refractivity contribution in [3.05, 3.63) is 59.7 Å².